The molecule has 0 saturated carbocycles. The van der Waals surface area contributed by atoms with Crippen molar-refractivity contribution in [2.75, 3.05) is 11.9 Å². The molecule has 0 spiro atoms. The lowest BCUT2D eigenvalue weighted by Gasteiger charge is -2.24. The summed E-state index contributed by atoms with van der Waals surface area (Å²) < 4.78 is 13.3. The number of anilines is 2. The predicted molar refractivity (Wildman–Crippen MR) is 76.3 cm³/mol. The number of hydrogen-bond acceptors (Lipinski definition) is 2. The zero-order valence-electron chi connectivity index (χ0n) is 11.4. The highest BCUT2D eigenvalue weighted by Crippen LogP contribution is 2.31. The van der Waals surface area contributed by atoms with Crippen LogP contribution in [0.15, 0.2) is 42.5 Å². The number of benzene rings is 2. The highest BCUT2D eigenvalue weighted by molar-refractivity contribution is 5.66. The Bertz CT molecular complexity index is 581. The molecule has 0 unspecified atom stereocenters. The third-order valence-corrected chi connectivity index (χ3v) is 3.19. The molecule has 2 nitrogen and oxygen atoms in total. The van der Waals surface area contributed by atoms with Gasteiger partial charge in [0.05, 0.1) is 6.10 Å². The fourth-order valence-corrected chi connectivity index (χ4v) is 2.14. The molecule has 2 rings (SSSR count). The summed E-state index contributed by atoms with van der Waals surface area (Å²) >= 11 is 0. The zero-order chi connectivity index (χ0) is 14.0. The number of aliphatic hydroxyl groups is 1. The van der Waals surface area contributed by atoms with Crippen molar-refractivity contribution in [3.8, 4) is 0 Å². The van der Waals surface area contributed by atoms with Crippen molar-refractivity contribution in [3.63, 3.8) is 0 Å². The zero-order valence-corrected chi connectivity index (χ0v) is 11.4. The van der Waals surface area contributed by atoms with Crippen LogP contribution in [-0.4, -0.2) is 12.2 Å². The highest BCUT2D eigenvalue weighted by atomic mass is 19.1. The minimum atomic E-state index is -0.710. The number of aliphatic hydroxyl groups excluding tert-OH is 1. The third-order valence-electron chi connectivity index (χ3n) is 3.19. The van der Waals surface area contributed by atoms with E-state index in [9.17, 15) is 9.50 Å². The van der Waals surface area contributed by atoms with Gasteiger partial charge in [-0.1, -0.05) is 12.1 Å². The second-order valence-corrected chi connectivity index (χ2v) is 4.78. The Morgan fingerprint density at radius 2 is 1.89 bits per heavy atom. The lowest BCUT2D eigenvalue weighted by molar-refractivity contribution is 0.199. The van der Waals surface area contributed by atoms with Gasteiger partial charge in [-0.2, -0.15) is 0 Å². The van der Waals surface area contributed by atoms with Gasteiger partial charge in [-0.3, -0.25) is 0 Å². The molecule has 3 heteroatoms. The van der Waals surface area contributed by atoms with Crippen LogP contribution in [0.5, 0.6) is 0 Å². The topological polar surface area (TPSA) is 23.5 Å². The van der Waals surface area contributed by atoms with Crippen LogP contribution in [-0.2, 0) is 0 Å². The molecule has 1 N–H and O–H groups in total. The van der Waals surface area contributed by atoms with Crippen molar-refractivity contribution in [3.05, 3.63) is 59.4 Å². The first-order chi connectivity index (χ1) is 8.99. The Hall–Kier alpha value is -1.87. The molecular weight excluding hydrogens is 241 g/mol. The van der Waals surface area contributed by atoms with E-state index in [2.05, 4.69) is 6.07 Å². The molecule has 0 aliphatic rings. The summed E-state index contributed by atoms with van der Waals surface area (Å²) in [5.41, 5.74) is 3.56. The first-order valence-electron chi connectivity index (χ1n) is 6.27. The van der Waals surface area contributed by atoms with E-state index in [1.54, 1.807) is 13.0 Å². The van der Waals surface area contributed by atoms with Gasteiger partial charge in [0.25, 0.3) is 0 Å². The van der Waals surface area contributed by atoms with E-state index >= 15 is 0 Å². The molecule has 0 fully saturated rings. The highest BCUT2D eigenvalue weighted by Gasteiger charge is 2.14. The lowest BCUT2D eigenvalue weighted by Crippen LogP contribution is -2.13. The van der Waals surface area contributed by atoms with Crippen LogP contribution in [0.3, 0.4) is 0 Å². The SMILES string of the molecule is Cc1cccc(N(C)c2ccc(F)cc2[C@@H](C)O)c1. The fourth-order valence-electron chi connectivity index (χ4n) is 2.14. The first-order valence-corrected chi connectivity index (χ1v) is 6.27. The Balaban J connectivity index is 2.46. The van der Waals surface area contributed by atoms with E-state index in [-0.39, 0.29) is 5.82 Å². The van der Waals surface area contributed by atoms with Crippen LogP contribution >= 0.6 is 0 Å². The Kier molecular flexibility index (Phi) is 3.86. The van der Waals surface area contributed by atoms with Gasteiger partial charge in [-0.25, -0.2) is 4.39 Å². The molecule has 0 bridgehead atoms. The van der Waals surface area contributed by atoms with Crippen molar-refractivity contribution in [2.45, 2.75) is 20.0 Å². The molecule has 0 saturated heterocycles. The standard InChI is InChI=1S/C16H18FNO/c1-11-5-4-6-14(9-11)18(3)16-8-7-13(17)10-15(16)12(2)19/h4-10,12,19H,1-3H3/t12-/m1/s1. The van der Waals surface area contributed by atoms with Gasteiger partial charge in [0.2, 0.25) is 0 Å². The average molecular weight is 259 g/mol. The molecule has 1 atom stereocenters. The van der Waals surface area contributed by atoms with Gasteiger partial charge < -0.3 is 10.0 Å². The molecule has 0 radical (unpaired) electrons. The molecule has 100 valence electrons. The Morgan fingerprint density at radius 1 is 1.16 bits per heavy atom. The summed E-state index contributed by atoms with van der Waals surface area (Å²) in [6, 6.07) is 12.5. The number of rotatable bonds is 3. The second-order valence-electron chi connectivity index (χ2n) is 4.78. The van der Waals surface area contributed by atoms with Gasteiger partial charge in [0.1, 0.15) is 5.82 Å². The maximum absolute atomic E-state index is 13.3. The van der Waals surface area contributed by atoms with E-state index in [4.69, 9.17) is 0 Å². The van der Waals surface area contributed by atoms with Crippen LogP contribution < -0.4 is 4.90 Å². The van der Waals surface area contributed by atoms with E-state index in [0.29, 0.717) is 5.56 Å². The molecule has 19 heavy (non-hydrogen) atoms. The van der Waals surface area contributed by atoms with Gasteiger partial charge >= 0.3 is 0 Å². The predicted octanol–water partition coefficient (Wildman–Crippen LogP) is 3.96. The monoisotopic (exact) mass is 259 g/mol. The van der Waals surface area contributed by atoms with Crippen LogP contribution in [0.2, 0.25) is 0 Å². The van der Waals surface area contributed by atoms with Crippen LogP contribution in [0.4, 0.5) is 15.8 Å². The number of halogens is 1. The molecule has 0 aromatic heterocycles. The molecular formula is C16H18FNO. The fraction of sp³-hybridized carbons (Fsp3) is 0.250. The molecule has 0 amide bonds. The van der Waals surface area contributed by atoms with Gasteiger partial charge in [0, 0.05) is 24.0 Å². The van der Waals surface area contributed by atoms with E-state index in [1.165, 1.54) is 12.1 Å². The van der Waals surface area contributed by atoms with Crippen molar-refractivity contribution in [1.82, 2.24) is 0 Å². The summed E-state index contributed by atoms with van der Waals surface area (Å²) in [4.78, 5) is 1.95. The Labute approximate surface area is 113 Å². The maximum atomic E-state index is 13.3. The third kappa shape index (κ3) is 2.93. The second kappa shape index (κ2) is 5.41. The number of hydrogen-bond donors (Lipinski definition) is 1. The van der Waals surface area contributed by atoms with Crippen LogP contribution in [0.25, 0.3) is 0 Å². The molecule has 2 aromatic carbocycles. The summed E-state index contributed by atoms with van der Waals surface area (Å²) in [5.74, 6) is -0.336. The van der Waals surface area contributed by atoms with Gasteiger partial charge in [-0.05, 0) is 49.7 Å². The largest absolute Gasteiger partial charge is 0.389 e. The maximum Gasteiger partial charge on any atom is 0.123 e. The smallest absolute Gasteiger partial charge is 0.123 e. The van der Waals surface area contributed by atoms with Gasteiger partial charge in [0.15, 0.2) is 0 Å². The average Bonchev–Trinajstić information content (AvgIpc) is 2.37. The van der Waals surface area contributed by atoms with Crippen molar-refractivity contribution in [2.24, 2.45) is 0 Å². The summed E-state index contributed by atoms with van der Waals surface area (Å²) in [7, 11) is 1.91. The Morgan fingerprint density at radius 3 is 2.53 bits per heavy atom. The summed E-state index contributed by atoms with van der Waals surface area (Å²) in [6.45, 7) is 3.67. The molecule has 0 heterocycles. The molecule has 0 aliphatic heterocycles. The van der Waals surface area contributed by atoms with Crippen molar-refractivity contribution in [1.29, 1.82) is 0 Å². The lowest BCUT2D eigenvalue weighted by atomic mass is 10.1. The van der Waals surface area contributed by atoms with Crippen molar-refractivity contribution >= 4 is 11.4 Å². The minimum Gasteiger partial charge on any atom is -0.389 e. The minimum absolute atomic E-state index is 0.336. The van der Waals surface area contributed by atoms with E-state index < -0.39 is 6.10 Å². The summed E-state index contributed by atoms with van der Waals surface area (Å²) in [6.07, 6.45) is -0.710. The van der Waals surface area contributed by atoms with E-state index in [0.717, 1.165) is 16.9 Å². The number of nitrogens with zero attached hydrogens (tertiary/aromatic N) is 1. The molecule has 0 aliphatic carbocycles. The molecule has 2 aromatic rings. The van der Waals surface area contributed by atoms with Gasteiger partial charge in [-0.15, -0.1) is 0 Å². The van der Waals surface area contributed by atoms with Crippen molar-refractivity contribution < 1.29 is 9.50 Å². The normalized spacial score (nSPS) is 12.3. The summed E-state index contributed by atoms with van der Waals surface area (Å²) in [5, 5.41) is 9.79. The first kappa shape index (κ1) is 13.6. The van der Waals surface area contributed by atoms with Crippen LogP contribution in [0, 0.1) is 12.7 Å². The van der Waals surface area contributed by atoms with E-state index in [1.807, 2.05) is 37.1 Å². The quantitative estimate of drug-likeness (QED) is 0.902. The van der Waals surface area contributed by atoms with Crippen LogP contribution in [0.1, 0.15) is 24.2 Å². The number of aryl methyl sites for hydroxylation is 1.